The van der Waals surface area contributed by atoms with Gasteiger partial charge < -0.3 is 15.2 Å². The topological polar surface area (TPSA) is 130 Å². The van der Waals surface area contributed by atoms with E-state index in [0.29, 0.717) is 0 Å². The molecule has 0 aromatic carbocycles. The maximum absolute atomic E-state index is 12.3. The molecule has 1 saturated carbocycles. The summed E-state index contributed by atoms with van der Waals surface area (Å²) in [6.07, 6.45) is 1.90. The zero-order chi connectivity index (χ0) is 17.2. The Balaban J connectivity index is 1.90. The molecule has 1 aromatic rings. The molecule has 1 aliphatic rings. The first kappa shape index (κ1) is 17.4. The summed E-state index contributed by atoms with van der Waals surface area (Å²) < 4.78 is 31.6. The first-order valence-corrected chi connectivity index (χ1v) is 8.71. The van der Waals surface area contributed by atoms with Crippen LogP contribution in [-0.2, 0) is 19.6 Å². The van der Waals surface area contributed by atoms with Gasteiger partial charge in [-0.25, -0.2) is 8.42 Å². The summed E-state index contributed by atoms with van der Waals surface area (Å²) in [6, 6.07) is -0.836. The van der Waals surface area contributed by atoms with Crippen molar-refractivity contribution in [3.63, 3.8) is 0 Å². The van der Waals surface area contributed by atoms with Gasteiger partial charge in [-0.3, -0.25) is 9.59 Å². The molecule has 1 atom stereocenters. The van der Waals surface area contributed by atoms with Gasteiger partial charge in [-0.05, 0) is 33.6 Å². The minimum absolute atomic E-state index is 0.0800. The van der Waals surface area contributed by atoms with Crippen molar-refractivity contribution in [1.29, 1.82) is 0 Å². The number of nitrogens with one attached hydrogen (secondary N) is 3. The third-order valence-corrected chi connectivity index (χ3v) is 5.11. The monoisotopic (exact) mass is 344 g/mol. The molecule has 1 heterocycles. The second kappa shape index (κ2) is 6.67. The van der Waals surface area contributed by atoms with Gasteiger partial charge in [0.25, 0.3) is 0 Å². The van der Waals surface area contributed by atoms with Gasteiger partial charge in [-0.2, -0.15) is 4.72 Å². The van der Waals surface area contributed by atoms with Crippen LogP contribution in [0.4, 0.5) is 0 Å². The van der Waals surface area contributed by atoms with Crippen molar-refractivity contribution in [2.75, 3.05) is 6.54 Å². The average molecular weight is 344 g/mol. The Morgan fingerprint density at radius 3 is 2.52 bits per heavy atom. The van der Waals surface area contributed by atoms with Crippen LogP contribution >= 0.6 is 0 Å². The summed E-state index contributed by atoms with van der Waals surface area (Å²) in [7, 11) is -3.94. The first-order valence-electron chi connectivity index (χ1n) is 7.23. The van der Waals surface area contributed by atoms with Gasteiger partial charge in [0, 0.05) is 6.04 Å². The van der Waals surface area contributed by atoms with Crippen molar-refractivity contribution in [3.05, 3.63) is 11.5 Å². The summed E-state index contributed by atoms with van der Waals surface area (Å²) in [5.74, 6) is -0.737. The van der Waals surface area contributed by atoms with Crippen molar-refractivity contribution in [3.8, 4) is 0 Å². The number of carbonyl (C=O) groups excluding carboxylic acids is 2. The van der Waals surface area contributed by atoms with Crippen LogP contribution in [0.1, 0.15) is 31.2 Å². The average Bonchev–Trinajstić information content (AvgIpc) is 3.19. The van der Waals surface area contributed by atoms with Crippen molar-refractivity contribution in [2.24, 2.45) is 0 Å². The molecular formula is C13H20N4O5S. The minimum Gasteiger partial charge on any atom is -0.360 e. The van der Waals surface area contributed by atoms with Crippen LogP contribution in [0.25, 0.3) is 0 Å². The van der Waals surface area contributed by atoms with Gasteiger partial charge in [-0.15, -0.1) is 0 Å². The van der Waals surface area contributed by atoms with Crippen molar-refractivity contribution < 1.29 is 22.5 Å². The molecule has 128 valence electrons. The van der Waals surface area contributed by atoms with E-state index in [1.807, 2.05) is 0 Å². The molecule has 2 rings (SSSR count). The van der Waals surface area contributed by atoms with Gasteiger partial charge in [0.2, 0.25) is 21.8 Å². The predicted octanol–water partition coefficient (Wildman–Crippen LogP) is -0.647. The lowest BCUT2D eigenvalue weighted by atomic mass is 10.3. The van der Waals surface area contributed by atoms with Crippen LogP contribution in [-0.4, -0.2) is 44.0 Å². The van der Waals surface area contributed by atoms with Crippen LogP contribution in [0.2, 0.25) is 0 Å². The number of aryl methyl sites for hydroxylation is 2. The van der Waals surface area contributed by atoms with Crippen LogP contribution < -0.4 is 15.4 Å². The zero-order valence-corrected chi connectivity index (χ0v) is 14.0. The van der Waals surface area contributed by atoms with E-state index in [1.54, 1.807) is 0 Å². The molecule has 2 amide bonds. The lowest BCUT2D eigenvalue weighted by Crippen LogP contribution is -2.47. The molecule has 1 aliphatic carbocycles. The van der Waals surface area contributed by atoms with E-state index in [0.717, 1.165) is 12.8 Å². The van der Waals surface area contributed by atoms with E-state index in [-0.39, 0.29) is 34.8 Å². The Hall–Kier alpha value is -1.94. The maximum atomic E-state index is 12.3. The molecule has 9 nitrogen and oxygen atoms in total. The summed E-state index contributed by atoms with van der Waals surface area (Å²) in [5, 5.41) is 8.70. The fourth-order valence-corrected chi connectivity index (χ4v) is 3.56. The largest absolute Gasteiger partial charge is 0.360 e. The first-order chi connectivity index (χ1) is 10.7. The minimum atomic E-state index is -3.94. The molecule has 1 fully saturated rings. The molecule has 3 N–H and O–H groups in total. The Morgan fingerprint density at radius 1 is 1.35 bits per heavy atom. The zero-order valence-electron chi connectivity index (χ0n) is 13.2. The number of hydrogen-bond acceptors (Lipinski definition) is 6. The highest BCUT2D eigenvalue weighted by Gasteiger charge is 2.28. The number of sulfonamides is 1. The van der Waals surface area contributed by atoms with Crippen LogP contribution in [0.15, 0.2) is 9.42 Å². The summed E-state index contributed by atoms with van der Waals surface area (Å²) in [5.41, 5.74) is 0.214. The quantitative estimate of drug-likeness (QED) is 0.603. The Morgan fingerprint density at radius 2 is 2.00 bits per heavy atom. The number of amides is 2. The molecule has 0 bridgehead atoms. The normalized spacial score (nSPS) is 16.0. The highest BCUT2D eigenvalue weighted by atomic mass is 32.2. The Kier molecular flexibility index (Phi) is 5.05. The van der Waals surface area contributed by atoms with E-state index in [1.165, 1.54) is 20.8 Å². The molecule has 10 heteroatoms. The van der Waals surface area contributed by atoms with Crippen molar-refractivity contribution >= 4 is 21.8 Å². The lowest BCUT2D eigenvalue weighted by Gasteiger charge is -2.14. The van der Waals surface area contributed by atoms with Gasteiger partial charge in [0.15, 0.2) is 5.76 Å². The van der Waals surface area contributed by atoms with Crippen LogP contribution in [0, 0.1) is 13.8 Å². The van der Waals surface area contributed by atoms with Gasteiger partial charge >= 0.3 is 0 Å². The van der Waals surface area contributed by atoms with E-state index in [4.69, 9.17) is 4.52 Å². The SMILES string of the molecule is Cc1noc(C)c1S(=O)(=O)N[C@@H](C)C(=O)NCC(=O)NC1CC1. The number of hydrogen-bond donors (Lipinski definition) is 3. The van der Waals surface area contributed by atoms with Gasteiger partial charge in [0.1, 0.15) is 10.6 Å². The molecule has 23 heavy (non-hydrogen) atoms. The highest BCUT2D eigenvalue weighted by Crippen LogP contribution is 2.19. The van der Waals surface area contributed by atoms with Crippen molar-refractivity contribution in [1.82, 2.24) is 20.5 Å². The van der Waals surface area contributed by atoms with Crippen molar-refractivity contribution in [2.45, 2.75) is 50.6 Å². The molecule has 0 radical (unpaired) electrons. The standard InChI is InChI=1S/C13H20N4O5S/c1-7-12(9(3)22-16-7)23(20,21)17-8(2)13(19)14-6-11(18)15-10-4-5-10/h8,10,17H,4-6H2,1-3H3,(H,14,19)(H,15,18)/t8-/m0/s1. The molecule has 0 spiro atoms. The third kappa shape index (κ3) is 4.52. The third-order valence-electron chi connectivity index (χ3n) is 3.33. The number of rotatable bonds is 7. The van der Waals surface area contributed by atoms with E-state index < -0.39 is 22.0 Å². The van der Waals surface area contributed by atoms with E-state index in [9.17, 15) is 18.0 Å². The maximum Gasteiger partial charge on any atom is 0.246 e. The predicted molar refractivity (Wildman–Crippen MR) is 79.9 cm³/mol. The summed E-state index contributed by atoms with van der Waals surface area (Å²) in [6.45, 7) is 4.18. The number of aromatic nitrogens is 1. The fraction of sp³-hybridized carbons (Fsp3) is 0.615. The second-order valence-electron chi connectivity index (χ2n) is 5.56. The van der Waals surface area contributed by atoms with Crippen LogP contribution in [0.3, 0.4) is 0 Å². The molecule has 0 saturated heterocycles. The van der Waals surface area contributed by atoms with Gasteiger partial charge in [0.05, 0.1) is 12.6 Å². The highest BCUT2D eigenvalue weighted by molar-refractivity contribution is 7.89. The van der Waals surface area contributed by atoms with Gasteiger partial charge in [-0.1, -0.05) is 5.16 Å². The fourth-order valence-electron chi connectivity index (χ4n) is 2.03. The molecular weight excluding hydrogens is 324 g/mol. The van der Waals surface area contributed by atoms with E-state index >= 15 is 0 Å². The molecule has 1 aromatic heterocycles. The summed E-state index contributed by atoms with van der Waals surface area (Å²) in [4.78, 5) is 23.3. The molecule has 0 aliphatic heterocycles. The van der Waals surface area contributed by atoms with E-state index in [2.05, 4.69) is 20.5 Å². The second-order valence-corrected chi connectivity index (χ2v) is 7.21. The Bertz CT molecular complexity index is 688. The number of nitrogens with zero attached hydrogens (tertiary/aromatic N) is 1. The Labute approximate surface area is 134 Å². The summed E-state index contributed by atoms with van der Waals surface area (Å²) >= 11 is 0. The molecule has 0 unspecified atom stereocenters. The smallest absolute Gasteiger partial charge is 0.246 e. The van der Waals surface area contributed by atoms with Crippen LogP contribution in [0.5, 0.6) is 0 Å². The number of carbonyl (C=O) groups is 2. The lowest BCUT2D eigenvalue weighted by molar-refractivity contribution is -0.126.